The maximum absolute atomic E-state index is 13.0. The van der Waals surface area contributed by atoms with Crippen molar-refractivity contribution in [1.82, 2.24) is 34.8 Å². The first-order chi connectivity index (χ1) is 13.7. The first kappa shape index (κ1) is 18.4. The van der Waals surface area contributed by atoms with Crippen LogP contribution in [0, 0.1) is 0 Å². The quantitative estimate of drug-likeness (QED) is 0.473. The standard InChI is InChI=1S/C17H20N8O2S/c1-2-11(28-17-22-13-12(14(26)23-17)20-10-21-13)15(27)24-6-8-25(9-7-24)16-18-4-3-5-19-16/h3-5,10-11H,2,6-9H2,1H3,(H2,20,21,22,23,26)/t11-/m0/s1. The van der Waals surface area contributed by atoms with Crippen LogP contribution in [-0.4, -0.2) is 72.1 Å². The smallest absolute Gasteiger partial charge is 0.277 e. The predicted molar refractivity (Wildman–Crippen MR) is 105 cm³/mol. The van der Waals surface area contributed by atoms with Gasteiger partial charge in [0.2, 0.25) is 11.9 Å². The first-order valence-electron chi connectivity index (χ1n) is 9.06. The van der Waals surface area contributed by atoms with Crippen LogP contribution in [0.3, 0.4) is 0 Å². The third-order valence-corrected chi connectivity index (χ3v) is 5.84. The van der Waals surface area contributed by atoms with E-state index in [-0.39, 0.29) is 16.7 Å². The number of aromatic amines is 2. The number of hydrogen-bond donors (Lipinski definition) is 2. The summed E-state index contributed by atoms with van der Waals surface area (Å²) in [6.45, 7) is 4.54. The fourth-order valence-electron chi connectivity index (χ4n) is 3.11. The monoisotopic (exact) mass is 400 g/mol. The van der Waals surface area contributed by atoms with Gasteiger partial charge in [0, 0.05) is 38.6 Å². The molecule has 0 radical (unpaired) electrons. The highest BCUT2D eigenvalue weighted by Gasteiger charge is 2.28. The highest BCUT2D eigenvalue weighted by Crippen LogP contribution is 2.24. The number of aromatic nitrogens is 6. The minimum absolute atomic E-state index is 0.0471. The van der Waals surface area contributed by atoms with Gasteiger partial charge in [0.15, 0.2) is 16.3 Å². The summed E-state index contributed by atoms with van der Waals surface area (Å²) in [5.74, 6) is 0.732. The number of imidazole rings is 1. The number of nitrogens with one attached hydrogen (secondary N) is 2. The maximum Gasteiger partial charge on any atom is 0.277 e. The van der Waals surface area contributed by atoms with Gasteiger partial charge in [0.05, 0.1) is 11.6 Å². The SMILES string of the molecule is CC[C@H](Sc1nc2nc[nH]c2c(=O)[nH]1)C(=O)N1CCN(c2ncccn2)CC1. The van der Waals surface area contributed by atoms with Crippen LogP contribution in [0.15, 0.2) is 34.7 Å². The highest BCUT2D eigenvalue weighted by atomic mass is 32.2. The van der Waals surface area contributed by atoms with Crippen molar-refractivity contribution in [1.29, 1.82) is 0 Å². The number of hydrogen-bond acceptors (Lipinski definition) is 8. The molecule has 4 rings (SSSR count). The van der Waals surface area contributed by atoms with Gasteiger partial charge in [0.25, 0.3) is 5.56 Å². The maximum atomic E-state index is 13.0. The second kappa shape index (κ2) is 7.97. The van der Waals surface area contributed by atoms with Gasteiger partial charge in [-0.25, -0.2) is 19.9 Å². The number of fused-ring (bicyclic) bond motifs is 1. The van der Waals surface area contributed by atoms with Crippen molar-refractivity contribution < 1.29 is 4.79 Å². The topological polar surface area (TPSA) is 124 Å². The predicted octanol–water partition coefficient (Wildman–Crippen LogP) is 0.656. The summed E-state index contributed by atoms with van der Waals surface area (Å²) >= 11 is 1.27. The van der Waals surface area contributed by atoms with Crippen LogP contribution in [0.25, 0.3) is 11.2 Å². The molecular formula is C17H20N8O2S. The van der Waals surface area contributed by atoms with E-state index < -0.39 is 0 Å². The Morgan fingerprint density at radius 1 is 1.21 bits per heavy atom. The van der Waals surface area contributed by atoms with E-state index in [9.17, 15) is 9.59 Å². The Labute approximate surface area is 164 Å². The third-order valence-electron chi connectivity index (χ3n) is 4.60. The number of carbonyl (C=O) groups excluding carboxylic acids is 1. The molecule has 146 valence electrons. The number of H-pyrrole nitrogens is 2. The van der Waals surface area contributed by atoms with Gasteiger partial charge in [-0.1, -0.05) is 18.7 Å². The zero-order chi connectivity index (χ0) is 19.5. The summed E-state index contributed by atoms with van der Waals surface area (Å²) in [4.78, 5) is 51.4. The molecule has 0 spiro atoms. The van der Waals surface area contributed by atoms with Gasteiger partial charge in [-0.15, -0.1) is 0 Å². The van der Waals surface area contributed by atoms with Crippen LogP contribution in [0.5, 0.6) is 0 Å². The van der Waals surface area contributed by atoms with Crippen LogP contribution in [0.1, 0.15) is 13.3 Å². The van der Waals surface area contributed by atoms with Gasteiger partial charge in [-0.05, 0) is 12.5 Å². The lowest BCUT2D eigenvalue weighted by Gasteiger charge is -2.36. The molecular weight excluding hydrogens is 380 g/mol. The number of anilines is 1. The van der Waals surface area contributed by atoms with E-state index >= 15 is 0 Å². The molecule has 28 heavy (non-hydrogen) atoms. The lowest BCUT2D eigenvalue weighted by atomic mass is 10.2. The van der Waals surface area contributed by atoms with E-state index in [1.165, 1.54) is 18.1 Å². The van der Waals surface area contributed by atoms with E-state index in [1.807, 2.05) is 11.8 Å². The molecule has 10 nitrogen and oxygen atoms in total. The summed E-state index contributed by atoms with van der Waals surface area (Å²) in [5, 5.41) is 0.0835. The van der Waals surface area contributed by atoms with Crippen molar-refractivity contribution >= 4 is 34.8 Å². The number of carbonyl (C=O) groups is 1. The Morgan fingerprint density at radius 3 is 2.68 bits per heavy atom. The van der Waals surface area contributed by atoms with Gasteiger partial charge in [0.1, 0.15) is 0 Å². The summed E-state index contributed by atoms with van der Waals surface area (Å²) in [6.07, 6.45) is 5.49. The lowest BCUT2D eigenvalue weighted by molar-refractivity contribution is -0.130. The molecule has 4 heterocycles. The van der Waals surface area contributed by atoms with Gasteiger partial charge in [-0.2, -0.15) is 0 Å². The van der Waals surface area contributed by atoms with Gasteiger partial charge in [-0.3, -0.25) is 14.6 Å². The van der Waals surface area contributed by atoms with Crippen molar-refractivity contribution in [3.8, 4) is 0 Å². The Bertz CT molecular complexity index is 1010. The van der Waals surface area contributed by atoms with E-state index in [1.54, 1.807) is 18.5 Å². The summed E-state index contributed by atoms with van der Waals surface area (Å²) in [5.41, 5.74) is 0.400. The summed E-state index contributed by atoms with van der Waals surface area (Å²) < 4.78 is 0. The summed E-state index contributed by atoms with van der Waals surface area (Å²) in [7, 11) is 0. The first-order valence-corrected chi connectivity index (χ1v) is 9.94. The third kappa shape index (κ3) is 3.70. The number of thioether (sulfide) groups is 1. The van der Waals surface area contributed by atoms with E-state index in [0.717, 1.165) is 0 Å². The second-order valence-electron chi connectivity index (χ2n) is 6.35. The average molecular weight is 400 g/mol. The van der Waals surface area contributed by atoms with Crippen LogP contribution in [0.2, 0.25) is 0 Å². The molecule has 1 atom stereocenters. The zero-order valence-electron chi connectivity index (χ0n) is 15.3. The molecule has 1 amide bonds. The second-order valence-corrected chi connectivity index (χ2v) is 7.54. The molecule has 3 aromatic heterocycles. The van der Waals surface area contributed by atoms with Crippen LogP contribution in [0.4, 0.5) is 5.95 Å². The van der Waals surface area contributed by atoms with Gasteiger partial charge < -0.3 is 14.8 Å². The molecule has 1 aliphatic rings. The molecule has 0 aliphatic carbocycles. The largest absolute Gasteiger partial charge is 0.339 e. The highest BCUT2D eigenvalue weighted by molar-refractivity contribution is 8.00. The van der Waals surface area contributed by atoms with Crippen molar-refractivity contribution in [3.63, 3.8) is 0 Å². The van der Waals surface area contributed by atoms with Crippen molar-refractivity contribution in [2.75, 3.05) is 31.1 Å². The van der Waals surface area contributed by atoms with Crippen LogP contribution in [-0.2, 0) is 4.79 Å². The van der Waals surface area contributed by atoms with Crippen molar-refractivity contribution in [3.05, 3.63) is 35.1 Å². The molecule has 11 heteroatoms. The lowest BCUT2D eigenvalue weighted by Crippen LogP contribution is -2.51. The van der Waals surface area contributed by atoms with Crippen molar-refractivity contribution in [2.45, 2.75) is 23.8 Å². The molecule has 3 aromatic rings. The Hall–Kier alpha value is -2.95. The van der Waals surface area contributed by atoms with E-state index in [2.05, 4.69) is 34.8 Å². The van der Waals surface area contributed by atoms with E-state index in [4.69, 9.17) is 0 Å². The molecule has 0 bridgehead atoms. The molecule has 0 unspecified atom stereocenters. The minimum atomic E-state index is -0.320. The molecule has 0 saturated carbocycles. The van der Waals surface area contributed by atoms with E-state index in [0.29, 0.717) is 54.9 Å². The molecule has 0 aromatic carbocycles. The van der Waals surface area contributed by atoms with Crippen molar-refractivity contribution in [2.24, 2.45) is 0 Å². The normalized spacial score (nSPS) is 15.8. The molecule has 2 N–H and O–H groups in total. The molecule has 1 saturated heterocycles. The number of rotatable bonds is 5. The fourth-order valence-corrected chi connectivity index (χ4v) is 4.08. The number of piperazine rings is 1. The summed E-state index contributed by atoms with van der Waals surface area (Å²) in [6, 6.07) is 1.78. The van der Waals surface area contributed by atoms with Crippen LogP contribution >= 0.6 is 11.8 Å². The Kier molecular flexibility index (Phi) is 5.24. The Morgan fingerprint density at radius 2 is 1.96 bits per heavy atom. The molecule has 1 fully saturated rings. The van der Waals surface area contributed by atoms with Gasteiger partial charge >= 0.3 is 0 Å². The average Bonchev–Trinajstić information content (AvgIpc) is 3.21. The fraction of sp³-hybridized carbons (Fsp3) is 0.412. The minimum Gasteiger partial charge on any atom is -0.339 e. The number of amides is 1. The van der Waals surface area contributed by atoms with Crippen LogP contribution < -0.4 is 10.5 Å². The number of nitrogens with zero attached hydrogens (tertiary/aromatic N) is 6. The molecule has 1 aliphatic heterocycles. The zero-order valence-corrected chi connectivity index (χ0v) is 16.1. The Balaban J connectivity index is 1.42.